The van der Waals surface area contributed by atoms with E-state index in [4.69, 9.17) is 9.15 Å². The van der Waals surface area contributed by atoms with Gasteiger partial charge in [-0.3, -0.25) is 14.5 Å². The van der Waals surface area contributed by atoms with Crippen LogP contribution in [0.5, 0.6) is 0 Å². The smallest absolute Gasteiger partial charge is 0.293 e. The Morgan fingerprint density at radius 2 is 2.35 bits per heavy atom. The first-order valence-electron chi connectivity index (χ1n) is 5.00. The average molecular weight is 253 g/mol. The molecule has 2 heterocycles. The minimum absolute atomic E-state index is 0.273. The molecule has 1 aromatic rings. The third-order valence-electron chi connectivity index (χ3n) is 2.21. The summed E-state index contributed by atoms with van der Waals surface area (Å²) in [5, 5.41) is -0.273. The molecule has 0 spiro atoms. The number of nitrogens with zero attached hydrogens (tertiary/aromatic N) is 1. The highest BCUT2D eigenvalue weighted by Gasteiger charge is 2.34. The summed E-state index contributed by atoms with van der Waals surface area (Å²) < 4.78 is 9.95. The van der Waals surface area contributed by atoms with Gasteiger partial charge in [-0.1, -0.05) is 0 Å². The maximum atomic E-state index is 11.9. The number of carbonyl (C=O) groups excluding carboxylic acids is 2. The molecule has 2 amide bonds. The molecule has 0 aliphatic carbocycles. The van der Waals surface area contributed by atoms with E-state index in [-0.39, 0.29) is 17.7 Å². The maximum Gasteiger partial charge on any atom is 0.293 e. The van der Waals surface area contributed by atoms with Crippen molar-refractivity contribution in [2.45, 2.75) is 0 Å². The number of hydrogen-bond acceptors (Lipinski definition) is 5. The number of hydrogen-bond donors (Lipinski definition) is 0. The predicted molar refractivity (Wildman–Crippen MR) is 63.3 cm³/mol. The van der Waals surface area contributed by atoms with Crippen molar-refractivity contribution in [2.24, 2.45) is 0 Å². The van der Waals surface area contributed by atoms with Crippen LogP contribution in [-0.4, -0.2) is 36.3 Å². The molecule has 0 N–H and O–H groups in total. The molecule has 5 nitrogen and oxygen atoms in total. The van der Waals surface area contributed by atoms with Crippen molar-refractivity contribution in [3.8, 4) is 0 Å². The molecule has 1 saturated heterocycles. The lowest BCUT2D eigenvalue weighted by Gasteiger charge is -2.10. The number of rotatable bonds is 4. The highest BCUT2D eigenvalue weighted by molar-refractivity contribution is 8.18. The number of thioether (sulfide) groups is 1. The van der Waals surface area contributed by atoms with Crippen LogP contribution >= 0.6 is 11.8 Å². The van der Waals surface area contributed by atoms with Gasteiger partial charge in [-0.05, 0) is 23.9 Å². The van der Waals surface area contributed by atoms with Crippen molar-refractivity contribution in [1.82, 2.24) is 4.90 Å². The fraction of sp³-hybridized carbons (Fsp3) is 0.273. The number of imide groups is 1. The quantitative estimate of drug-likeness (QED) is 0.768. The predicted octanol–water partition coefficient (Wildman–Crippen LogP) is 1.96. The van der Waals surface area contributed by atoms with Crippen molar-refractivity contribution >= 4 is 29.0 Å². The highest BCUT2D eigenvalue weighted by atomic mass is 32.2. The van der Waals surface area contributed by atoms with Crippen LogP contribution in [0.25, 0.3) is 6.08 Å². The molecular formula is C11H11NO4S. The lowest BCUT2D eigenvalue weighted by molar-refractivity contribution is -0.123. The molecule has 0 aromatic carbocycles. The Balaban J connectivity index is 2.13. The van der Waals surface area contributed by atoms with E-state index in [1.54, 1.807) is 18.2 Å². The van der Waals surface area contributed by atoms with Gasteiger partial charge in [0.25, 0.3) is 11.1 Å². The summed E-state index contributed by atoms with van der Waals surface area (Å²) >= 11 is 0.913. The van der Waals surface area contributed by atoms with Gasteiger partial charge in [0.1, 0.15) is 5.76 Å². The van der Waals surface area contributed by atoms with E-state index in [1.165, 1.54) is 18.3 Å². The summed E-state index contributed by atoms with van der Waals surface area (Å²) in [6.45, 7) is 0.614. The van der Waals surface area contributed by atoms with Crippen LogP contribution < -0.4 is 0 Å². The normalized spacial score (nSPS) is 18.4. The van der Waals surface area contributed by atoms with E-state index < -0.39 is 0 Å². The summed E-state index contributed by atoms with van der Waals surface area (Å²) in [7, 11) is 1.53. The summed E-state index contributed by atoms with van der Waals surface area (Å²) in [5.41, 5.74) is 0. The lowest BCUT2D eigenvalue weighted by atomic mass is 10.3. The van der Waals surface area contributed by atoms with Gasteiger partial charge in [0.15, 0.2) is 0 Å². The average Bonchev–Trinajstić information content (AvgIpc) is 2.89. The Morgan fingerprint density at radius 3 is 3.00 bits per heavy atom. The molecule has 0 saturated carbocycles. The Morgan fingerprint density at radius 1 is 1.53 bits per heavy atom. The van der Waals surface area contributed by atoms with Gasteiger partial charge in [-0.2, -0.15) is 0 Å². The lowest BCUT2D eigenvalue weighted by Crippen LogP contribution is -2.31. The van der Waals surface area contributed by atoms with Crippen LogP contribution in [-0.2, 0) is 9.53 Å². The van der Waals surface area contributed by atoms with Gasteiger partial charge in [-0.15, -0.1) is 0 Å². The van der Waals surface area contributed by atoms with Crippen molar-refractivity contribution in [3.05, 3.63) is 29.1 Å². The molecule has 1 aliphatic heterocycles. The Labute approximate surface area is 102 Å². The number of amides is 2. The summed E-state index contributed by atoms with van der Waals surface area (Å²) in [4.78, 5) is 25.0. The van der Waals surface area contributed by atoms with E-state index in [0.717, 1.165) is 11.8 Å². The van der Waals surface area contributed by atoms with Gasteiger partial charge in [0.05, 0.1) is 24.3 Å². The maximum absolute atomic E-state index is 11.9. The van der Waals surface area contributed by atoms with Crippen LogP contribution in [0.2, 0.25) is 0 Å². The van der Waals surface area contributed by atoms with Crippen LogP contribution in [0, 0.1) is 0 Å². The summed E-state index contributed by atoms with van der Waals surface area (Å²) in [5.74, 6) is 0.260. The Hall–Kier alpha value is -1.53. The zero-order valence-electron chi connectivity index (χ0n) is 9.21. The minimum Gasteiger partial charge on any atom is -0.465 e. The number of ether oxygens (including phenoxy) is 1. The van der Waals surface area contributed by atoms with E-state index in [1.807, 2.05) is 0 Å². The van der Waals surface area contributed by atoms with Crippen LogP contribution in [0.15, 0.2) is 27.7 Å². The monoisotopic (exact) mass is 253 g/mol. The molecule has 1 aromatic heterocycles. The zero-order valence-corrected chi connectivity index (χ0v) is 10.0. The van der Waals surface area contributed by atoms with E-state index in [0.29, 0.717) is 17.3 Å². The number of carbonyl (C=O) groups is 2. The fourth-order valence-corrected chi connectivity index (χ4v) is 2.22. The number of furan rings is 1. The SMILES string of the molecule is COCCN1C(=O)S/C(=C/c2ccco2)C1=O. The van der Waals surface area contributed by atoms with Gasteiger partial charge in [0.2, 0.25) is 0 Å². The van der Waals surface area contributed by atoms with Crippen molar-refractivity contribution in [1.29, 1.82) is 0 Å². The van der Waals surface area contributed by atoms with Gasteiger partial charge >= 0.3 is 0 Å². The topological polar surface area (TPSA) is 59.8 Å². The second-order valence-corrected chi connectivity index (χ2v) is 4.33. The first-order valence-corrected chi connectivity index (χ1v) is 5.82. The van der Waals surface area contributed by atoms with Gasteiger partial charge in [-0.25, -0.2) is 0 Å². The number of methoxy groups -OCH3 is 1. The second kappa shape index (κ2) is 5.20. The highest BCUT2D eigenvalue weighted by Crippen LogP contribution is 2.31. The standard InChI is InChI=1S/C11H11NO4S/c1-15-6-4-12-10(13)9(17-11(12)14)7-8-3-2-5-16-8/h2-3,5,7H,4,6H2,1H3/b9-7+. The van der Waals surface area contributed by atoms with Crippen molar-refractivity contribution in [3.63, 3.8) is 0 Å². The first-order chi connectivity index (χ1) is 8.22. The van der Waals surface area contributed by atoms with E-state index >= 15 is 0 Å². The largest absolute Gasteiger partial charge is 0.465 e. The van der Waals surface area contributed by atoms with Gasteiger partial charge < -0.3 is 9.15 Å². The van der Waals surface area contributed by atoms with Crippen molar-refractivity contribution < 1.29 is 18.7 Å². The first kappa shape index (κ1) is 11.9. The summed E-state index contributed by atoms with van der Waals surface area (Å²) in [6, 6.07) is 3.45. The molecule has 1 fully saturated rings. The van der Waals surface area contributed by atoms with Gasteiger partial charge in [0, 0.05) is 13.2 Å². The fourth-order valence-electron chi connectivity index (χ4n) is 1.38. The Kier molecular flexibility index (Phi) is 3.65. The van der Waals surface area contributed by atoms with E-state index in [9.17, 15) is 9.59 Å². The second-order valence-electron chi connectivity index (χ2n) is 3.34. The summed E-state index contributed by atoms with van der Waals surface area (Å²) in [6.07, 6.45) is 3.08. The zero-order chi connectivity index (χ0) is 12.3. The minimum atomic E-state index is -0.298. The molecular weight excluding hydrogens is 242 g/mol. The molecule has 0 unspecified atom stereocenters. The Bertz CT molecular complexity index is 452. The molecule has 17 heavy (non-hydrogen) atoms. The van der Waals surface area contributed by atoms with Crippen LogP contribution in [0.3, 0.4) is 0 Å². The molecule has 0 bridgehead atoms. The third kappa shape index (κ3) is 2.59. The molecule has 2 rings (SSSR count). The van der Waals surface area contributed by atoms with Crippen molar-refractivity contribution in [2.75, 3.05) is 20.3 Å². The molecule has 6 heteroatoms. The van der Waals surface area contributed by atoms with Crippen LogP contribution in [0.1, 0.15) is 5.76 Å². The molecule has 0 atom stereocenters. The molecule has 90 valence electrons. The third-order valence-corrected chi connectivity index (χ3v) is 3.12. The van der Waals surface area contributed by atoms with Crippen LogP contribution in [0.4, 0.5) is 4.79 Å². The molecule has 0 radical (unpaired) electrons. The molecule has 1 aliphatic rings. The van der Waals surface area contributed by atoms with E-state index in [2.05, 4.69) is 0 Å².